The van der Waals surface area contributed by atoms with Crippen LogP contribution in [0.3, 0.4) is 0 Å². The SMILES string of the molecule is CCC(=O)N[C@H](Cc1ccc(NC(=O)[C@@H](CNC(=O)c2ccnn2C)C2CCCCC2)cc1)C(=O)N1CCN(Cc2ccc(OC)cc2)CC1. The second-order valence-corrected chi connectivity index (χ2v) is 13.4. The maximum atomic E-state index is 13.7. The van der Waals surface area contributed by atoms with E-state index in [1.165, 1.54) is 10.2 Å². The van der Waals surface area contributed by atoms with Gasteiger partial charge in [0.1, 0.15) is 17.5 Å². The van der Waals surface area contributed by atoms with E-state index in [9.17, 15) is 19.2 Å². The van der Waals surface area contributed by atoms with Gasteiger partial charge in [0.05, 0.1) is 13.0 Å². The minimum atomic E-state index is -0.685. The molecule has 2 atom stereocenters. The fraction of sp³-hybridized carbons (Fsp3) is 0.500. The predicted molar refractivity (Wildman–Crippen MR) is 191 cm³/mol. The zero-order chi connectivity index (χ0) is 35.5. The Balaban J connectivity index is 1.17. The molecule has 1 saturated carbocycles. The summed E-state index contributed by atoms with van der Waals surface area (Å²) in [5.41, 5.74) is 3.16. The maximum absolute atomic E-state index is 13.7. The Morgan fingerprint density at radius 2 is 1.58 bits per heavy atom. The summed E-state index contributed by atoms with van der Waals surface area (Å²) in [7, 11) is 3.37. The lowest BCUT2D eigenvalue weighted by atomic mass is 9.79. The second kappa shape index (κ2) is 17.8. The summed E-state index contributed by atoms with van der Waals surface area (Å²) >= 11 is 0. The van der Waals surface area contributed by atoms with Crippen LogP contribution in [0.4, 0.5) is 5.69 Å². The van der Waals surface area contributed by atoms with E-state index in [1.807, 2.05) is 41.3 Å². The van der Waals surface area contributed by atoms with E-state index in [-0.39, 0.29) is 48.4 Å². The molecule has 1 aliphatic heterocycles. The molecule has 0 unspecified atom stereocenters. The summed E-state index contributed by atoms with van der Waals surface area (Å²) < 4.78 is 6.78. The van der Waals surface area contributed by atoms with Crippen molar-refractivity contribution >= 4 is 29.3 Å². The minimum Gasteiger partial charge on any atom is -0.497 e. The number of anilines is 1. The first-order chi connectivity index (χ1) is 24.2. The van der Waals surface area contributed by atoms with Gasteiger partial charge >= 0.3 is 0 Å². The summed E-state index contributed by atoms with van der Waals surface area (Å²) in [6, 6.07) is 16.4. The van der Waals surface area contributed by atoms with Crippen LogP contribution in [0, 0.1) is 11.8 Å². The molecule has 1 saturated heterocycles. The lowest BCUT2D eigenvalue weighted by molar-refractivity contribution is -0.138. The highest BCUT2D eigenvalue weighted by Gasteiger charge is 2.31. The summed E-state index contributed by atoms with van der Waals surface area (Å²) in [6.07, 6.45) is 7.43. The van der Waals surface area contributed by atoms with Gasteiger partial charge in [-0.1, -0.05) is 50.5 Å². The molecule has 268 valence electrons. The molecule has 0 spiro atoms. The lowest BCUT2D eigenvalue weighted by Gasteiger charge is -2.36. The number of nitrogens with one attached hydrogen (secondary N) is 3. The molecule has 12 nitrogen and oxygen atoms in total. The molecular weight excluding hydrogens is 634 g/mol. The zero-order valence-electron chi connectivity index (χ0n) is 29.5. The van der Waals surface area contributed by atoms with Crippen LogP contribution in [0.1, 0.15) is 67.1 Å². The van der Waals surface area contributed by atoms with E-state index >= 15 is 0 Å². The molecule has 5 rings (SSSR count). The van der Waals surface area contributed by atoms with Gasteiger partial charge < -0.3 is 25.6 Å². The minimum absolute atomic E-state index is 0.0863. The maximum Gasteiger partial charge on any atom is 0.269 e. The number of aromatic nitrogens is 2. The summed E-state index contributed by atoms with van der Waals surface area (Å²) in [5.74, 6) is 0.0170. The number of piperazine rings is 1. The fourth-order valence-electron chi connectivity index (χ4n) is 6.93. The van der Waals surface area contributed by atoms with Crippen molar-refractivity contribution in [1.82, 2.24) is 30.2 Å². The molecule has 2 heterocycles. The van der Waals surface area contributed by atoms with E-state index in [0.717, 1.165) is 63.1 Å². The van der Waals surface area contributed by atoms with Crippen molar-refractivity contribution in [1.29, 1.82) is 0 Å². The van der Waals surface area contributed by atoms with Gasteiger partial charge in [0.15, 0.2) is 0 Å². The molecule has 3 aromatic rings. The van der Waals surface area contributed by atoms with Gasteiger partial charge in [0, 0.05) is 71.0 Å². The zero-order valence-corrected chi connectivity index (χ0v) is 29.5. The van der Waals surface area contributed by atoms with E-state index in [2.05, 4.69) is 38.1 Å². The van der Waals surface area contributed by atoms with Gasteiger partial charge in [-0.05, 0) is 60.2 Å². The number of nitrogens with zero attached hydrogens (tertiary/aromatic N) is 4. The highest BCUT2D eigenvalue weighted by atomic mass is 16.5. The second-order valence-electron chi connectivity index (χ2n) is 13.4. The lowest BCUT2D eigenvalue weighted by Crippen LogP contribution is -2.55. The van der Waals surface area contributed by atoms with E-state index in [0.29, 0.717) is 30.9 Å². The van der Waals surface area contributed by atoms with E-state index < -0.39 is 6.04 Å². The highest BCUT2D eigenvalue weighted by Crippen LogP contribution is 2.31. The largest absolute Gasteiger partial charge is 0.497 e. The number of carbonyl (C=O) groups excluding carboxylic acids is 4. The quantitative estimate of drug-likeness (QED) is 0.235. The number of carbonyl (C=O) groups is 4. The molecule has 50 heavy (non-hydrogen) atoms. The van der Waals surface area contributed by atoms with Crippen molar-refractivity contribution in [3.8, 4) is 5.75 Å². The molecule has 1 aliphatic carbocycles. The molecule has 2 aliphatic rings. The van der Waals surface area contributed by atoms with Crippen molar-refractivity contribution in [2.24, 2.45) is 18.9 Å². The molecule has 12 heteroatoms. The third kappa shape index (κ3) is 9.93. The van der Waals surface area contributed by atoms with Crippen LogP contribution < -0.4 is 20.7 Å². The highest BCUT2D eigenvalue weighted by molar-refractivity contribution is 5.95. The van der Waals surface area contributed by atoms with Crippen molar-refractivity contribution in [3.63, 3.8) is 0 Å². The number of aryl methyl sites for hydroxylation is 1. The smallest absolute Gasteiger partial charge is 0.269 e. The standard InChI is InChI=1S/C38H51N7O5/c1-4-35(46)42-33(38(49)45-22-20-44(21-23-45)26-28-12-16-31(50-3)17-13-28)24-27-10-14-30(15-11-27)41-36(47)32(29-8-6-5-7-9-29)25-39-37(48)34-18-19-40-43(34)2/h10-19,29,32-33H,4-9,20-26H2,1-3H3,(H,39,48)(H,41,47)(H,42,46)/t32-,33+/m0/s1. The Hall–Kier alpha value is -4.71. The van der Waals surface area contributed by atoms with Crippen molar-refractivity contribution < 1.29 is 23.9 Å². The molecule has 2 aromatic carbocycles. The van der Waals surface area contributed by atoms with Crippen LogP contribution >= 0.6 is 0 Å². The molecule has 3 N–H and O–H groups in total. The van der Waals surface area contributed by atoms with Gasteiger partial charge in [-0.2, -0.15) is 5.10 Å². The predicted octanol–water partition coefficient (Wildman–Crippen LogP) is 3.78. The first-order valence-corrected chi connectivity index (χ1v) is 17.8. The fourth-order valence-corrected chi connectivity index (χ4v) is 6.93. The Bertz CT molecular complexity index is 1580. The van der Waals surface area contributed by atoms with Crippen LogP contribution in [-0.2, 0) is 34.4 Å². The number of hydrogen-bond acceptors (Lipinski definition) is 7. The number of methoxy groups -OCH3 is 1. The van der Waals surface area contributed by atoms with Gasteiger partial charge in [-0.3, -0.25) is 28.8 Å². The van der Waals surface area contributed by atoms with Gasteiger partial charge in [-0.15, -0.1) is 0 Å². The normalized spacial score (nSPS) is 16.7. The van der Waals surface area contributed by atoms with Gasteiger partial charge in [0.2, 0.25) is 17.7 Å². The van der Waals surface area contributed by atoms with Crippen LogP contribution in [0.2, 0.25) is 0 Å². The number of hydrogen-bond donors (Lipinski definition) is 3. The summed E-state index contributed by atoms with van der Waals surface area (Å²) in [4.78, 5) is 56.8. The van der Waals surface area contributed by atoms with Crippen molar-refractivity contribution in [3.05, 3.63) is 77.6 Å². The summed E-state index contributed by atoms with van der Waals surface area (Å²) in [6.45, 7) is 5.48. The molecular formula is C38H51N7O5. The molecule has 0 radical (unpaired) electrons. The van der Waals surface area contributed by atoms with Gasteiger partial charge in [-0.25, -0.2) is 0 Å². The van der Waals surface area contributed by atoms with Crippen molar-refractivity contribution in [2.75, 3.05) is 45.2 Å². The molecule has 2 fully saturated rings. The van der Waals surface area contributed by atoms with Crippen LogP contribution in [-0.4, -0.2) is 89.1 Å². The Kier molecular flexibility index (Phi) is 13.0. The van der Waals surface area contributed by atoms with Crippen molar-refractivity contribution in [2.45, 2.75) is 64.5 Å². The first kappa shape index (κ1) is 36.6. The third-order valence-corrected chi connectivity index (χ3v) is 9.96. The molecule has 0 bridgehead atoms. The number of amides is 4. The van der Waals surface area contributed by atoms with E-state index in [1.54, 1.807) is 33.3 Å². The Labute approximate surface area is 294 Å². The Morgan fingerprint density at radius 1 is 0.900 bits per heavy atom. The van der Waals surface area contributed by atoms with Crippen LogP contribution in [0.15, 0.2) is 60.8 Å². The monoisotopic (exact) mass is 685 g/mol. The number of rotatable bonds is 14. The molecule has 1 aromatic heterocycles. The third-order valence-electron chi connectivity index (χ3n) is 9.96. The van der Waals surface area contributed by atoms with Gasteiger partial charge in [0.25, 0.3) is 5.91 Å². The van der Waals surface area contributed by atoms with Crippen LogP contribution in [0.5, 0.6) is 5.75 Å². The van der Waals surface area contributed by atoms with Crippen LogP contribution in [0.25, 0.3) is 0 Å². The summed E-state index contributed by atoms with van der Waals surface area (Å²) in [5, 5.41) is 13.0. The molecule has 4 amide bonds. The number of benzene rings is 2. The Morgan fingerprint density at radius 3 is 2.20 bits per heavy atom. The number of ether oxygens (including phenoxy) is 1. The first-order valence-electron chi connectivity index (χ1n) is 17.8. The average molecular weight is 686 g/mol. The van der Waals surface area contributed by atoms with E-state index in [4.69, 9.17) is 4.74 Å². The average Bonchev–Trinajstić information content (AvgIpc) is 3.58. The topological polar surface area (TPSA) is 138 Å².